The first-order valence-electron chi connectivity index (χ1n) is 4.63. The van der Waals surface area contributed by atoms with Gasteiger partial charge >= 0.3 is 0 Å². The van der Waals surface area contributed by atoms with E-state index in [1.165, 1.54) is 16.7 Å². The molecule has 1 rings (SSSR count). The maximum absolute atomic E-state index is 4.01. The maximum atomic E-state index is 4.01. The Bertz CT molecular complexity index is 269. The first-order chi connectivity index (χ1) is 6.16. The quantitative estimate of drug-likeness (QED) is 0.651. The second kappa shape index (κ2) is 5.92. The van der Waals surface area contributed by atoms with Crippen LogP contribution in [0.5, 0.6) is 0 Å². The smallest absolute Gasteiger partial charge is 0.0470 e. The van der Waals surface area contributed by atoms with Gasteiger partial charge in [0.15, 0.2) is 0 Å². The fourth-order valence-corrected chi connectivity index (χ4v) is 1.32. The highest BCUT2D eigenvalue weighted by Crippen LogP contribution is 2.21. The molecule has 1 N–H and O–H groups in total. The molecule has 0 atom stereocenters. The Kier molecular flexibility index (Phi) is 5.63. The van der Waals surface area contributed by atoms with Gasteiger partial charge in [0.05, 0.1) is 0 Å². The molecule has 0 bridgehead atoms. The van der Waals surface area contributed by atoms with E-state index in [0.29, 0.717) is 0 Å². The lowest BCUT2D eigenvalue weighted by Crippen LogP contribution is -1.91. The van der Waals surface area contributed by atoms with E-state index in [-0.39, 0.29) is 0 Å². The van der Waals surface area contributed by atoms with Gasteiger partial charge in [0.1, 0.15) is 0 Å². The average molecular weight is 197 g/mol. The van der Waals surface area contributed by atoms with Crippen LogP contribution < -0.4 is 4.72 Å². The van der Waals surface area contributed by atoms with Crippen LogP contribution in [0.1, 0.15) is 30.5 Å². The summed E-state index contributed by atoms with van der Waals surface area (Å²) in [6.07, 6.45) is 0. The molecule has 0 saturated carbocycles. The first kappa shape index (κ1) is 12.4. The van der Waals surface area contributed by atoms with E-state index in [9.17, 15) is 0 Å². The molecule has 1 aromatic carbocycles. The normalized spacial score (nSPS) is 8.77. The molecule has 0 fully saturated rings. The van der Waals surface area contributed by atoms with Crippen molar-refractivity contribution in [2.75, 3.05) is 4.72 Å². The van der Waals surface area contributed by atoms with Crippen molar-refractivity contribution in [1.29, 1.82) is 0 Å². The maximum Gasteiger partial charge on any atom is 0.0470 e. The molecular formula is C11H19NS. The van der Waals surface area contributed by atoms with Crippen molar-refractivity contribution >= 4 is 18.5 Å². The van der Waals surface area contributed by atoms with Gasteiger partial charge in [-0.3, -0.25) is 0 Å². The van der Waals surface area contributed by atoms with Gasteiger partial charge in [-0.1, -0.05) is 32.7 Å². The zero-order chi connectivity index (χ0) is 10.4. The standard InChI is InChI=1S/C9H13NS.C2H6/c1-6-4-5-9(10-11)8(3)7(6)2;1-2/h4-5,10-11H,1-3H3;1-2H3. The molecule has 0 unspecified atom stereocenters. The molecule has 0 saturated heterocycles. The van der Waals surface area contributed by atoms with Crippen LogP contribution in [-0.4, -0.2) is 0 Å². The molecule has 0 aliphatic rings. The highest BCUT2D eigenvalue weighted by molar-refractivity contribution is 7.81. The van der Waals surface area contributed by atoms with E-state index < -0.39 is 0 Å². The Balaban J connectivity index is 0.000000671. The molecule has 0 spiro atoms. The summed E-state index contributed by atoms with van der Waals surface area (Å²) in [5.74, 6) is 0. The van der Waals surface area contributed by atoms with Crippen molar-refractivity contribution in [3.63, 3.8) is 0 Å². The summed E-state index contributed by atoms with van der Waals surface area (Å²) in [4.78, 5) is 0. The third kappa shape index (κ3) is 2.96. The third-order valence-corrected chi connectivity index (χ3v) is 2.42. The van der Waals surface area contributed by atoms with Crippen molar-refractivity contribution in [1.82, 2.24) is 0 Å². The highest BCUT2D eigenvalue weighted by Gasteiger charge is 2.00. The van der Waals surface area contributed by atoms with E-state index in [0.717, 1.165) is 5.69 Å². The fourth-order valence-electron chi connectivity index (χ4n) is 1.08. The number of anilines is 1. The minimum Gasteiger partial charge on any atom is -0.332 e. The van der Waals surface area contributed by atoms with Gasteiger partial charge in [-0.2, -0.15) is 0 Å². The highest BCUT2D eigenvalue weighted by atomic mass is 32.1. The van der Waals surface area contributed by atoms with Crippen molar-refractivity contribution in [2.45, 2.75) is 34.6 Å². The van der Waals surface area contributed by atoms with Crippen LogP contribution in [-0.2, 0) is 0 Å². The van der Waals surface area contributed by atoms with Gasteiger partial charge in [0.25, 0.3) is 0 Å². The molecule has 0 aliphatic carbocycles. The second-order valence-corrected chi connectivity index (χ2v) is 3.02. The van der Waals surface area contributed by atoms with Gasteiger partial charge in [0.2, 0.25) is 0 Å². The zero-order valence-corrected chi connectivity index (χ0v) is 10.00. The summed E-state index contributed by atoms with van der Waals surface area (Å²) in [7, 11) is 0. The third-order valence-electron chi connectivity index (χ3n) is 2.18. The Morgan fingerprint density at radius 3 is 2.00 bits per heavy atom. The summed E-state index contributed by atoms with van der Waals surface area (Å²) in [5.41, 5.74) is 5.04. The topological polar surface area (TPSA) is 12.0 Å². The molecule has 74 valence electrons. The van der Waals surface area contributed by atoms with Crippen LogP contribution >= 0.6 is 12.8 Å². The van der Waals surface area contributed by atoms with E-state index in [2.05, 4.69) is 44.4 Å². The lowest BCUT2D eigenvalue weighted by Gasteiger charge is -2.09. The van der Waals surface area contributed by atoms with E-state index >= 15 is 0 Å². The summed E-state index contributed by atoms with van der Waals surface area (Å²) in [5, 5.41) is 0. The molecule has 1 nitrogen and oxygen atoms in total. The molecular weight excluding hydrogens is 178 g/mol. The van der Waals surface area contributed by atoms with Crippen LogP contribution in [0.25, 0.3) is 0 Å². The minimum atomic E-state index is 1.09. The predicted octanol–water partition coefficient (Wildman–Crippen LogP) is 3.89. The van der Waals surface area contributed by atoms with E-state index in [1.807, 2.05) is 19.9 Å². The molecule has 0 heterocycles. The number of aryl methyl sites for hydroxylation is 1. The number of benzene rings is 1. The lowest BCUT2D eigenvalue weighted by molar-refractivity contribution is 1.27. The summed E-state index contributed by atoms with van der Waals surface area (Å²) in [6, 6.07) is 4.14. The number of hydrogen-bond acceptors (Lipinski definition) is 2. The van der Waals surface area contributed by atoms with Gasteiger partial charge < -0.3 is 4.72 Å². The molecule has 1 aromatic rings. The Morgan fingerprint density at radius 1 is 1.00 bits per heavy atom. The molecule has 0 amide bonds. The number of nitrogens with one attached hydrogen (secondary N) is 1. The van der Waals surface area contributed by atoms with Crippen molar-refractivity contribution in [3.8, 4) is 0 Å². The Morgan fingerprint density at radius 2 is 1.54 bits per heavy atom. The van der Waals surface area contributed by atoms with Gasteiger partial charge in [-0.05, 0) is 43.5 Å². The molecule has 2 heteroatoms. The number of thiol groups is 1. The lowest BCUT2D eigenvalue weighted by atomic mass is 10.0. The molecule has 0 aliphatic heterocycles. The van der Waals surface area contributed by atoms with Crippen LogP contribution in [0.4, 0.5) is 5.69 Å². The molecule has 0 radical (unpaired) electrons. The SMILES string of the molecule is CC.Cc1ccc(NS)c(C)c1C. The second-order valence-electron chi connectivity index (χ2n) is 2.79. The Hall–Kier alpha value is -0.630. The van der Waals surface area contributed by atoms with Crippen molar-refractivity contribution in [3.05, 3.63) is 28.8 Å². The van der Waals surface area contributed by atoms with Crippen molar-refractivity contribution in [2.24, 2.45) is 0 Å². The van der Waals surface area contributed by atoms with Gasteiger partial charge in [-0.15, -0.1) is 0 Å². The molecule has 13 heavy (non-hydrogen) atoms. The zero-order valence-electron chi connectivity index (χ0n) is 9.10. The monoisotopic (exact) mass is 197 g/mol. The summed E-state index contributed by atoms with van der Waals surface area (Å²) >= 11 is 4.01. The number of hydrogen-bond donors (Lipinski definition) is 2. The number of rotatable bonds is 1. The Labute approximate surface area is 87.1 Å². The fraction of sp³-hybridized carbons (Fsp3) is 0.455. The van der Waals surface area contributed by atoms with E-state index in [1.54, 1.807) is 0 Å². The van der Waals surface area contributed by atoms with Crippen molar-refractivity contribution < 1.29 is 0 Å². The van der Waals surface area contributed by atoms with Crippen LogP contribution in [0.2, 0.25) is 0 Å². The average Bonchev–Trinajstić information content (AvgIpc) is 2.18. The largest absolute Gasteiger partial charge is 0.332 e. The molecule has 0 aromatic heterocycles. The predicted molar refractivity (Wildman–Crippen MR) is 64.6 cm³/mol. The van der Waals surface area contributed by atoms with Crippen LogP contribution in [0.15, 0.2) is 12.1 Å². The van der Waals surface area contributed by atoms with E-state index in [4.69, 9.17) is 0 Å². The first-order valence-corrected chi connectivity index (χ1v) is 5.08. The van der Waals surface area contributed by atoms with Gasteiger partial charge in [0, 0.05) is 5.69 Å². The summed E-state index contributed by atoms with van der Waals surface area (Å²) < 4.78 is 2.86. The minimum absolute atomic E-state index is 1.09. The summed E-state index contributed by atoms with van der Waals surface area (Å²) in [6.45, 7) is 10.3. The van der Waals surface area contributed by atoms with Crippen LogP contribution in [0.3, 0.4) is 0 Å². The van der Waals surface area contributed by atoms with Crippen LogP contribution in [0, 0.1) is 20.8 Å². The van der Waals surface area contributed by atoms with Gasteiger partial charge in [-0.25, -0.2) is 0 Å².